The van der Waals surface area contributed by atoms with Gasteiger partial charge in [-0.1, -0.05) is 23.2 Å². The second-order valence-electron chi connectivity index (χ2n) is 4.34. The van der Waals surface area contributed by atoms with Gasteiger partial charge in [0.1, 0.15) is 5.75 Å². The van der Waals surface area contributed by atoms with Gasteiger partial charge >= 0.3 is 0 Å². The van der Waals surface area contributed by atoms with Gasteiger partial charge in [-0.2, -0.15) is 0 Å². The van der Waals surface area contributed by atoms with E-state index in [4.69, 9.17) is 27.9 Å². The first-order valence-corrected chi connectivity index (χ1v) is 8.30. The SMILES string of the molecule is CNC(c1cc(C)c(Br)s1)c1cc(Cl)c(OC)cc1Cl. The van der Waals surface area contributed by atoms with Crippen molar-refractivity contribution in [2.24, 2.45) is 0 Å². The molecule has 0 aliphatic carbocycles. The Kier molecular flexibility index (Phi) is 5.37. The van der Waals surface area contributed by atoms with Crippen LogP contribution in [0.25, 0.3) is 0 Å². The minimum atomic E-state index is 0.000839. The second-order valence-corrected chi connectivity index (χ2v) is 7.55. The van der Waals surface area contributed by atoms with Crippen LogP contribution in [0.5, 0.6) is 5.75 Å². The summed E-state index contributed by atoms with van der Waals surface area (Å²) in [6, 6.07) is 5.75. The van der Waals surface area contributed by atoms with Gasteiger partial charge in [-0.15, -0.1) is 11.3 Å². The minimum absolute atomic E-state index is 0.000839. The summed E-state index contributed by atoms with van der Waals surface area (Å²) in [6.45, 7) is 2.07. The third-order valence-corrected chi connectivity index (χ3v) is 5.86. The number of rotatable bonds is 4. The van der Waals surface area contributed by atoms with E-state index >= 15 is 0 Å². The molecule has 2 rings (SSSR count). The molecule has 0 bridgehead atoms. The smallest absolute Gasteiger partial charge is 0.138 e. The summed E-state index contributed by atoms with van der Waals surface area (Å²) in [5.41, 5.74) is 2.15. The van der Waals surface area contributed by atoms with Crippen LogP contribution < -0.4 is 10.1 Å². The maximum Gasteiger partial charge on any atom is 0.138 e. The zero-order valence-corrected chi connectivity index (χ0v) is 15.2. The third-order valence-electron chi connectivity index (χ3n) is 3.03. The molecule has 1 atom stereocenters. The molecule has 0 spiro atoms. The lowest BCUT2D eigenvalue weighted by atomic mass is 10.0. The minimum Gasteiger partial charge on any atom is -0.495 e. The summed E-state index contributed by atoms with van der Waals surface area (Å²) in [4.78, 5) is 1.18. The predicted octanol–water partition coefficient (Wildman–Crippen LogP) is 5.44. The van der Waals surface area contributed by atoms with E-state index in [1.807, 2.05) is 13.1 Å². The van der Waals surface area contributed by atoms with Crippen molar-refractivity contribution >= 4 is 50.5 Å². The van der Waals surface area contributed by atoms with Crippen LogP contribution in [0.3, 0.4) is 0 Å². The van der Waals surface area contributed by atoms with Crippen molar-refractivity contribution in [2.75, 3.05) is 14.2 Å². The molecule has 1 heterocycles. The van der Waals surface area contributed by atoms with Gasteiger partial charge in [0.15, 0.2) is 0 Å². The zero-order valence-electron chi connectivity index (χ0n) is 11.3. The van der Waals surface area contributed by atoms with E-state index in [2.05, 4.69) is 34.2 Å². The Morgan fingerprint density at radius 3 is 2.45 bits per heavy atom. The van der Waals surface area contributed by atoms with E-state index in [0.717, 1.165) is 9.35 Å². The summed E-state index contributed by atoms with van der Waals surface area (Å²) < 4.78 is 6.31. The van der Waals surface area contributed by atoms with Gasteiger partial charge in [0, 0.05) is 16.0 Å². The van der Waals surface area contributed by atoms with Crippen molar-refractivity contribution in [3.8, 4) is 5.75 Å². The van der Waals surface area contributed by atoms with Gasteiger partial charge < -0.3 is 10.1 Å². The second kappa shape index (κ2) is 6.67. The third kappa shape index (κ3) is 3.15. The number of hydrogen-bond acceptors (Lipinski definition) is 3. The van der Waals surface area contributed by atoms with Crippen molar-refractivity contribution in [2.45, 2.75) is 13.0 Å². The average Bonchev–Trinajstić information content (AvgIpc) is 2.74. The highest BCUT2D eigenvalue weighted by Crippen LogP contribution is 2.39. The van der Waals surface area contributed by atoms with Gasteiger partial charge in [-0.25, -0.2) is 0 Å². The summed E-state index contributed by atoms with van der Waals surface area (Å²) in [5, 5.41) is 4.47. The summed E-state index contributed by atoms with van der Waals surface area (Å²) in [7, 11) is 3.48. The fourth-order valence-electron chi connectivity index (χ4n) is 2.00. The summed E-state index contributed by atoms with van der Waals surface area (Å²) in [6.07, 6.45) is 0. The topological polar surface area (TPSA) is 21.3 Å². The Morgan fingerprint density at radius 1 is 1.25 bits per heavy atom. The first kappa shape index (κ1) is 16.1. The molecule has 0 radical (unpaired) electrons. The predicted molar refractivity (Wildman–Crippen MR) is 90.7 cm³/mol. The van der Waals surface area contributed by atoms with Crippen LogP contribution in [0.2, 0.25) is 10.0 Å². The number of benzene rings is 1. The van der Waals surface area contributed by atoms with Crippen LogP contribution in [-0.2, 0) is 0 Å². The normalized spacial score (nSPS) is 12.5. The number of thiophene rings is 1. The molecule has 20 heavy (non-hydrogen) atoms. The molecule has 0 saturated carbocycles. The quantitative estimate of drug-likeness (QED) is 0.744. The molecule has 0 aliphatic rings. The van der Waals surface area contributed by atoms with Crippen LogP contribution in [0.4, 0.5) is 0 Å². The summed E-state index contributed by atoms with van der Waals surface area (Å²) in [5.74, 6) is 0.582. The van der Waals surface area contributed by atoms with Crippen molar-refractivity contribution < 1.29 is 4.74 Å². The number of aryl methyl sites for hydroxylation is 1. The Bertz CT molecular complexity index is 610. The van der Waals surface area contributed by atoms with Crippen LogP contribution in [0.15, 0.2) is 22.0 Å². The van der Waals surface area contributed by atoms with Gasteiger partial charge in [0.25, 0.3) is 0 Å². The molecule has 2 aromatic rings. The lowest BCUT2D eigenvalue weighted by Crippen LogP contribution is -2.17. The Labute approximate surface area is 141 Å². The van der Waals surface area contributed by atoms with E-state index in [9.17, 15) is 0 Å². The monoisotopic (exact) mass is 393 g/mol. The van der Waals surface area contributed by atoms with Crippen LogP contribution in [-0.4, -0.2) is 14.2 Å². The molecule has 0 fully saturated rings. The fourth-order valence-corrected chi connectivity index (χ4v) is 4.21. The van der Waals surface area contributed by atoms with Crippen molar-refractivity contribution in [1.29, 1.82) is 0 Å². The van der Waals surface area contributed by atoms with E-state index in [0.29, 0.717) is 15.8 Å². The molecule has 0 amide bonds. The molecule has 108 valence electrons. The lowest BCUT2D eigenvalue weighted by molar-refractivity contribution is 0.415. The molecule has 1 aromatic heterocycles. The highest BCUT2D eigenvalue weighted by Gasteiger charge is 2.20. The molecule has 1 N–H and O–H groups in total. The Balaban J connectivity index is 2.49. The largest absolute Gasteiger partial charge is 0.495 e. The van der Waals surface area contributed by atoms with Gasteiger partial charge in [0.2, 0.25) is 0 Å². The van der Waals surface area contributed by atoms with E-state index in [1.165, 1.54) is 10.4 Å². The molecule has 6 heteroatoms. The molecule has 0 aliphatic heterocycles. The summed E-state index contributed by atoms with van der Waals surface area (Å²) >= 11 is 17.8. The molecular weight excluding hydrogens is 381 g/mol. The van der Waals surface area contributed by atoms with Crippen LogP contribution in [0, 0.1) is 6.92 Å². The van der Waals surface area contributed by atoms with Crippen LogP contribution >= 0.6 is 50.5 Å². The highest BCUT2D eigenvalue weighted by atomic mass is 79.9. The number of ether oxygens (including phenoxy) is 1. The molecule has 1 aromatic carbocycles. The molecule has 2 nitrogen and oxygen atoms in total. The van der Waals surface area contributed by atoms with Crippen molar-refractivity contribution in [1.82, 2.24) is 5.32 Å². The first-order valence-electron chi connectivity index (χ1n) is 5.94. The lowest BCUT2D eigenvalue weighted by Gasteiger charge is -2.18. The average molecular weight is 395 g/mol. The zero-order chi connectivity index (χ0) is 14.9. The molecular formula is C14H14BrCl2NOS. The first-order chi connectivity index (χ1) is 9.47. The number of methoxy groups -OCH3 is 1. The van der Waals surface area contributed by atoms with Crippen molar-refractivity contribution in [3.05, 3.63) is 48.0 Å². The maximum atomic E-state index is 6.36. The highest BCUT2D eigenvalue weighted by molar-refractivity contribution is 9.11. The fraction of sp³-hybridized carbons (Fsp3) is 0.286. The van der Waals surface area contributed by atoms with Crippen molar-refractivity contribution in [3.63, 3.8) is 0 Å². The number of hydrogen-bond donors (Lipinski definition) is 1. The number of halogens is 3. The number of nitrogens with one attached hydrogen (secondary N) is 1. The Hall–Kier alpha value is -0.260. The maximum absolute atomic E-state index is 6.36. The molecule has 0 saturated heterocycles. The standard InChI is InChI=1S/C14H14BrCl2NOS/c1-7-4-12(20-14(7)15)13(18-2)8-5-10(17)11(19-3)6-9(8)16/h4-6,13,18H,1-3H3. The van der Waals surface area contributed by atoms with Gasteiger partial charge in [-0.3, -0.25) is 0 Å². The molecule has 1 unspecified atom stereocenters. The van der Waals surface area contributed by atoms with Gasteiger partial charge in [-0.05, 0) is 53.2 Å². The van der Waals surface area contributed by atoms with Crippen LogP contribution in [0.1, 0.15) is 22.0 Å². The Morgan fingerprint density at radius 2 is 1.95 bits per heavy atom. The van der Waals surface area contributed by atoms with E-state index in [1.54, 1.807) is 24.5 Å². The van der Waals surface area contributed by atoms with E-state index in [-0.39, 0.29) is 6.04 Å². The van der Waals surface area contributed by atoms with E-state index < -0.39 is 0 Å². The van der Waals surface area contributed by atoms with Gasteiger partial charge in [0.05, 0.1) is 22.0 Å².